The van der Waals surface area contributed by atoms with Crippen LogP contribution in [-0.4, -0.2) is 35.6 Å². The van der Waals surface area contributed by atoms with Crippen LogP contribution in [0.3, 0.4) is 0 Å². The quantitative estimate of drug-likeness (QED) is 0.245. The molecule has 4 nitrogen and oxygen atoms in total. The first-order valence-corrected chi connectivity index (χ1v) is 14.1. The highest BCUT2D eigenvalue weighted by atomic mass is 16.5. The van der Waals surface area contributed by atoms with E-state index in [2.05, 4.69) is 94.1 Å². The second-order valence-corrected chi connectivity index (χ2v) is 10.9. The first kappa shape index (κ1) is 22.4. The number of benzene rings is 4. The van der Waals surface area contributed by atoms with Gasteiger partial charge in [0, 0.05) is 82.1 Å². The number of hydrogen-bond acceptors (Lipinski definition) is 2. The third-order valence-corrected chi connectivity index (χ3v) is 8.86. The van der Waals surface area contributed by atoms with Crippen molar-refractivity contribution in [3.63, 3.8) is 0 Å². The minimum absolute atomic E-state index is 0.490. The summed E-state index contributed by atoms with van der Waals surface area (Å²) in [5.41, 5.74) is 7.88. The third kappa shape index (κ3) is 3.44. The molecule has 4 heterocycles. The van der Waals surface area contributed by atoms with Crippen LogP contribution in [0.15, 0.2) is 84.9 Å². The van der Waals surface area contributed by atoms with Gasteiger partial charge in [0.15, 0.2) is 0 Å². The highest BCUT2D eigenvalue weighted by Crippen LogP contribution is 2.40. The summed E-state index contributed by atoms with van der Waals surface area (Å²) < 4.78 is 16.5. The molecular weight excluding hydrogens is 468 g/mol. The SMILES string of the molecule is c1ccc2c(c1)c1cc(-c3ccc4c(c3)c3ccccc3n4C3CCOCC3)ccc1n2C1CCOCC1. The van der Waals surface area contributed by atoms with Crippen LogP contribution < -0.4 is 0 Å². The highest BCUT2D eigenvalue weighted by molar-refractivity contribution is 6.11. The normalized spacial score (nSPS) is 17.8. The first-order valence-electron chi connectivity index (χ1n) is 14.1. The Kier molecular flexibility index (Phi) is 5.31. The van der Waals surface area contributed by atoms with E-state index in [4.69, 9.17) is 9.47 Å². The molecule has 2 fully saturated rings. The van der Waals surface area contributed by atoms with Gasteiger partial charge in [-0.2, -0.15) is 0 Å². The van der Waals surface area contributed by atoms with E-state index in [0.29, 0.717) is 12.1 Å². The van der Waals surface area contributed by atoms with E-state index in [0.717, 1.165) is 52.1 Å². The van der Waals surface area contributed by atoms with Crippen molar-refractivity contribution in [3.8, 4) is 11.1 Å². The van der Waals surface area contributed by atoms with Gasteiger partial charge in [-0.15, -0.1) is 0 Å². The topological polar surface area (TPSA) is 28.3 Å². The predicted octanol–water partition coefficient (Wildman–Crippen LogP) is 8.27. The summed E-state index contributed by atoms with van der Waals surface area (Å²) in [4.78, 5) is 0. The fourth-order valence-electron chi connectivity index (χ4n) is 7.04. The fourth-order valence-corrected chi connectivity index (χ4v) is 7.04. The molecule has 0 amide bonds. The molecule has 6 aromatic rings. The standard InChI is InChI=1S/C34H32N2O2/c1-3-7-31-27(5-1)29-21-23(9-11-33(29)35(31)25-13-17-37-18-14-25)24-10-12-34-30(22-24)28-6-2-4-8-32(28)36(34)26-15-19-38-20-16-26/h1-12,21-22,25-26H,13-20H2. The summed E-state index contributed by atoms with van der Waals surface area (Å²) in [6.45, 7) is 3.38. The average molecular weight is 501 g/mol. The Morgan fingerprint density at radius 2 is 0.842 bits per heavy atom. The van der Waals surface area contributed by atoms with Crippen LogP contribution >= 0.6 is 0 Å². The van der Waals surface area contributed by atoms with Crippen molar-refractivity contribution in [1.82, 2.24) is 9.13 Å². The summed E-state index contributed by atoms with van der Waals surface area (Å²) in [5.74, 6) is 0. The van der Waals surface area contributed by atoms with Gasteiger partial charge >= 0.3 is 0 Å². The van der Waals surface area contributed by atoms with Gasteiger partial charge < -0.3 is 18.6 Å². The Balaban J connectivity index is 1.30. The molecule has 2 saturated heterocycles. The van der Waals surface area contributed by atoms with Gasteiger partial charge in [-0.3, -0.25) is 0 Å². The Morgan fingerprint density at radius 1 is 0.447 bits per heavy atom. The summed E-state index contributed by atoms with van der Waals surface area (Å²) in [7, 11) is 0. The Hall–Kier alpha value is -3.60. The van der Waals surface area contributed by atoms with Gasteiger partial charge in [-0.05, 0) is 73.2 Å². The number of para-hydroxylation sites is 2. The largest absolute Gasteiger partial charge is 0.381 e. The summed E-state index contributed by atoms with van der Waals surface area (Å²) in [6.07, 6.45) is 4.29. The molecule has 0 saturated carbocycles. The molecule has 0 spiro atoms. The lowest BCUT2D eigenvalue weighted by Crippen LogP contribution is -2.19. The van der Waals surface area contributed by atoms with Crippen LogP contribution in [0, 0.1) is 0 Å². The second-order valence-electron chi connectivity index (χ2n) is 10.9. The van der Waals surface area contributed by atoms with Gasteiger partial charge in [-0.1, -0.05) is 48.5 Å². The van der Waals surface area contributed by atoms with Crippen LogP contribution in [0.4, 0.5) is 0 Å². The summed E-state index contributed by atoms with van der Waals surface area (Å²) in [5, 5.41) is 5.37. The van der Waals surface area contributed by atoms with E-state index in [1.807, 2.05) is 0 Å². The van der Waals surface area contributed by atoms with Gasteiger partial charge in [0.05, 0.1) is 0 Å². The van der Waals surface area contributed by atoms with E-state index in [9.17, 15) is 0 Å². The smallest absolute Gasteiger partial charge is 0.0494 e. The molecule has 0 atom stereocenters. The molecular formula is C34H32N2O2. The van der Waals surface area contributed by atoms with Crippen LogP contribution in [0.2, 0.25) is 0 Å². The van der Waals surface area contributed by atoms with Crippen molar-refractivity contribution in [2.45, 2.75) is 37.8 Å². The fraction of sp³-hybridized carbons (Fsp3) is 0.294. The number of rotatable bonds is 3. The molecule has 4 heteroatoms. The molecule has 8 rings (SSSR count). The zero-order valence-corrected chi connectivity index (χ0v) is 21.6. The van der Waals surface area contributed by atoms with Gasteiger partial charge in [-0.25, -0.2) is 0 Å². The zero-order valence-electron chi connectivity index (χ0n) is 21.6. The number of ether oxygens (including phenoxy) is 2. The predicted molar refractivity (Wildman–Crippen MR) is 156 cm³/mol. The number of hydrogen-bond donors (Lipinski definition) is 0. The molecule has 0 unspecified atom stereocenters. The van der Waals surface area contributed by atoms with Gasteiger partial charge in [0.2, 0.25) is 0 Å². The molecule has 38 heavy (non-hydrogen) atoms. The van der Waals surface area contributed by atoms with Crippen molar-refractivity contribution < 1.29 is 9.47 Å². The van der Waals surface area contributed by atoms with Crippen molar-refractivity contribution in [3.05, 3.63) is 84.9 Å². The van der Waals surface area contributed by atoms with E-state index in [1.54, 1.807) is 0 Å². The molecule has 190 valence electrons. The van der Waals surface area contributed by atoms with Crippen LogP contribution in [0.25, 0.3) is 54.7 Å². The molecule has 0 bridgehead atoms. The minimum atomic E-state index is 0.490. The van der Waals surface area contributed by atoms with E-state index >= 15 is 0 Å². The van der Waals surface area contributed by atoms with Gasteiger partial charge in [0.25, 0.3) is 0 Å². The molecule has 0 radical (unpaired) electrons. The first-order chi connectivity index (χ1) is 18.9. The molecule has 2 aliphatic heterocycles. The number of nitrogens with zero attached hydrogens (tertiary/aromatic N) is 2. The maximum atomic E-state index is 5.68. The lowest BCUT2D eigenvalue weighted by molar-refractivity contribution is 0.0716. The molecule has 2 aromatic heterocycles. The van der Waals surface area contributed by atoms with Gasteiger partial charge in [0.1, 0.15) is 0 Å². The third-order valence-electron chi connectivity index (χ3n) is 8.86. The van der Waals surface area contributed by atoms with Crippen LogP contribution in [0.5, 0.6) is 0 Å². The molecule has 4 aromatic carbocycles. The minimum Gasteiger partial charge on any atom is -0.381 e. The zero-order chi connectivity index (χ0) is 25.1. The number of aromatic nitrogens is 2. The van der Waals surface area contributed by atoms with E-state index in [-0.39, 0.29) is 0 Å². The lowest BCUT2D eigenvalue weighted by atomic mass is 10.0. The molecule has 0 N–H and O–H groups in total. The van der Waals surface area contributed by atoms with E-state index < -0.39 is 0 Å². The highest BCUT2D eigenvalue weighted by Gasteiger charge is 2.23. The maximum absolute atomic E-state index is 5.68. The Bertz CT molecular complexity index is 1660. The number of fused-ring (bicyclic) bond motifs is 6. The van der Waals surface area contributed by atoms with E-state index in [1.165, 1.54) is 54.7 Å². The summed E-state index contributed by atoms with van der Waals surface area (Å²) >= 11 is 0. The maximum Gasteiger partial charge on any atom is 0.0494 e. The molecule has 0 aliphatic carbocycles. The van der Waals surface area contributed by atoms with Crippen LogP contribution in [0.1, 0.15) is 37.8 Å². The Morgan fingerprint density at radius 3 is 1.29 bits per heavy atom. The monoisotopic (exact) mass is 500 g/mol. The molecule has 2 aliphatic rings. The average Bonchev–Trinajstić information content (AvgIpc) is 3.50. The summed E-state index contributed by atoms with van der Waals surface area (Å²) in [6, 6.07) is 32.9. The second kappa shape index (κ2) is 9.00. The van der Waals surface area contributed by atoms with Crippen molar-refractivity contribution >= 4 is 43.6 Å². The van der Waals surface area contributed by atoms with Crippen molar-refractivity contribution in [2.24, 2.45) is 0 Å². The van der Waals surface area contributed by atoms with Crippen molar-refractivity contribution in [1.29, 1.82) is 0 Å². The van der Waals surface area contributed by atoms with Crippen LogP contribution in [-0.2, 0) is 9.47 Å². The Labute approximate surface area is 222 Å². The van der Waals surface area contributed by atoms with Crippen molar-refractivity contribution in [2.75, 3.05) is 26.4 Å². The lowest BCUT2D eigenvalue weighted by Gasteiger charge is -2.25.